The van der Waals surface area contributed by atoms with Crippen molar-refractivity contribution in [1.82, 2.24) is 10.0 Å². The number of carbonyl (C=O) groups excluding carboxylic acids is 2. The predicted molar refractivity (Wildman–Crippen MR) is 182 cm³/mol. The van der Waals surface area contributed by atoms with Crippen molar-refractivity contribution in [2.45, 2.75) is 49.3 Å². The monoisotopic (exact) mass is 687 g/mol. The van der Waals surface area contributed by atoms with Crippen molar-refractivity contribution >= 4 is 44.2 Å². The maximum atomic E-state index is 14.0. The summed E-state index contributed by atoms with van der Waals surface area (Å²) >= 11 is 0. The highest BCUT2D eigenvalue weighted by Crippen LogP contribution is 2.30. The van der Waals surface area contributed by atoms with E-state index in [9.17, 15) is 27.9 Å². The normalized spacial score (nSPS) is 17.1. The predicted octanol–water partition coefficient (Wildman–Crippen LogP) is 4.34. The van der Waals surface area contributed by atoms with Crippen molar-refractivity contribution < 1.29 is 42.2 Å². The Labute approximate surface area is 284 Å². The maximum Gasteiger partial charge on any atom is 0.305 e. The number of Topliss-reactive ketones (excluding diaryl/α,β-unsaturated/α-hetero) is 1. The van der Waals surface area contributed by atoms with Gasteiger partial charge in [0.05, 0.1) is 23.1 Å². The van der Waals surface area contributed by atoms with Crippen LogP contribution in [0.25, 0.3) is 10.8 Å². The molecule has 1 aliphatic heterocycles. The zero-order chi connectivity index (χ0) is 35.0. The fraction of sp³-hybridized carbons (Fsp3) is 0.278. The van der Waals surface area contributed by atoms with E-state index in [4.69, 9.17) is 14.3 Å². The summed E-state index contributed by atoms with van der Waals surface area (Å²) in [7, 11) is -4.06. The minimum Gasteiger partial charge on any atom is -0.489 e. The maximum absolute atomic E-state index is 14.0. The third kappa shape index (κ3) is 8.80. The lowest BCUT2D eigenvalue weighted by Crippen LogP contribution is -2.57. The molecule has 0 spiro atoms. The molecule has 0 aromatic heterocycles. The third-order valence-corrected chi connectivity index (χ3v) is 9.41. The first-order chi connectivity index (χ1) is 23.5. The number of nitrogens with one attached hydrogen (secondary N) is 2. The van der Waals surface area contributed by atoms with Crippen LogP contribution in [0.2, 0.25) is 0 Å². The number of para-hydroxylation sites is 2. The van der Waals surface area contributed by atoms with Crippen molar-refractivity contribution in [1.29, 1.82) is 0 Å². The van der Waals surface area contributed by atoms with Crippen LogP contribution < -0.4 is 19.5 Å². The number of ether oxygens (including phenoxy) is 2. The van der Waals surface area contributed by atoms with Gasteiger partial charge < -0.3 is 24.7 Å². The van der Waals surface area contributed by atoms with Gasteiger partial charge in [0.1, 0.15) is 30.8 Å². The van der Waals surface area contributed by atoms with Gasteiger partial charge in [0.2, 0.25) is 10.0 Å². The summed E-state index contributed by atoms with van der Waals surface area (Å²) in [6.07, 6.45) is -0.935. The Morgan fingerprint density at radius 1 is 0.878 bits per heavy atom. The summed E-state index contributed by atoms with van der Waals surface area (Å²) in [5.74, 6) is -2.38. The van der Waals surface area contributed by atoms with Crippen LogP contribution >= 0.6 is 0 Å². The van der Waals surface area contributed by atoms with E-state index in [0.717, 1.165) is 10.8 Å². The van der Waals surface area contributed by atoms with Crippen molar-refractivity contribution in [2.24, 2.45) is 11.1 Å². The van der Waals surface area contributed by atoms with Gasteiger partial charge in [0, 0.05) is 6.42 Å². The molecule has 0 saturated heterocycles. The summed E-state index contributed by atoms with van der Waals surface area (Å²) in [4.78, 5) is 44.7. The lowest BCUT2D eigenvalue weighted by atomic mass is 9.89. The van der Waals surface area contributed by atoms with E-state index < -0.39 is 58.4 Å². The molecule has 0 aliphatic carbocycles. The molecule has 5 rings (SSSR count). The number of hydrogen-bond acceptors (Lipinski definition) is 9. The number of sulfonamides is 1. The molecule has 0 fully saturated rings. The van der Waals surface area contributed by atoms with E-state index in [2.05, 4.69) is 15.2 Å². The Kier molecular flexibility index (Phi) is 10.9. The highest BCUT2D eigenvalue weighted by molar-refractivity contribution is 7.89. The number of amides is 1. The number of benzene rings is 4. The third-order valence-electron chi connectivity index (χ3n) is 7.97. The van der Waals surface area contributed by atoms with Crippen LogP contribution in [0.5, 0.6) is 11.5 Å². The van der Waals surface area contributed by atoms with E-state index in [1.165, 1.54) is 6.07 Å². The second-order valence-corrected chi connectivity index (χ2v) is 13.7. The number of aliphatic carboxylic acids is 1. The van der Waals surface area contributed by atoms with Crippen LogP contribution in [-0.4, -0.2) is 67.8 Å². The molecular weight excluding hydrogens is 650 g/mol. The summed E-state index contributed by atoms with van der Waals surface area (Å²) in [5.41, 5.74) is -1.65. The second-order valence-electron chi connectivity index (χ2n) is 12.0. The standard InChI is InChI=1S/C36H37N3O9S/c1-24(2)34(39-49(44,45)29-18-17-25-11-9-10-12-26(25)19-29)31-21-36(48-38-31,23-47-28-15-7-4-8-16-28)35(43)37-30(20-33(41)42)32(40)22-46-27-13-5-3-6-14-27/h3-19,24,30,34,39H,20-23H2,1-2H3,(H,37,43)(H,41,42)/t30-,34-,36?/m0/s1. The van der Waals surface area contributed by atoms with Gasteiger partial charge in [-0.1, -0.05) is 85.7 Å². The average molecular weight is 688 g/mol. The van der Waals surface area contributed by atoms with Crippen molar-refractivity contribution in [3.05, 3.63) is 103 Å². The highest BCUT2D eigenvalue weighted by atomic mass is 32.2. The Hall–Kier alpha value is -5.27. The summed E-state index contributed by atoms with van der Waals surface area (Å²) in [6, 6.07) is 26.9. The van der Waals surface area contributed by atoms with Crippen LogP contribution in [0.4, 0.5) is 0 Å². The zero-order valence-electron chi connectivity index (χ0n) is 26.9. The first-order valence-corrected chi connectivity index (χ1v) is 17.1. The van der Waals surface area contributed by atoms with Gasteiger partial charge in [0.25, 0.3) is 11.5 Å². The summed E-state index contributed by atoms with van der Waals surface area (Å²) in [5, 5.41) is 17.9. The number of carboxylic acids is 1. The minimum absolute atomic E-state index is 0.0560. The first-order valence-electron chi connectivity index (χ1n) is 15.6. The first kappa shape index (κ1) is 35.0. The lowest BCUT2D eigenvalue weighted by Gasteiger charge is -2.28. The molecule has 4 aromatic rings. The Morgan fingerprint density at radius 3 is 2.12 bits per heavy atom. The molecule has 1 unspecified atom stereocenters. The summed E-state index contributed by atoms with van der Waals surface area (Å²) < 4.78 is 41.4. The summed E-state index contributed by atoms with van der Waals surface area (Å²) in [6.45, 7) is 2.72. The lowest BCUT2D eigenvalue weighted by molar-refractivity contribution is -0.151. The molecular formula is C36H37N3O9S. The van der Waals surface area contributed by atoms with E-state index in [1.54, 1.807) is 86.6 Å². The minimum atomic E-state index is -4.06. The second kappa shape index (κ2) is 15.3. The molecule has 0 bridgehead atoms. The number of ketones is 1. The molecule has 1 aliphatic rings. The molecule has 13 heteroatoms. The van der Waals surface area contributed by atoms with Gasteiger partial charge in [-0.2, -0.15) is 0 Å². The number of hydrogen-bond donors (Lipinski definition) is 3. The van der Waals surface area contributed by atoms with E-state index >= 15 is 0 Å². The number of oxime groups is 1. The molecule has 1 amide bonds. The molecule has 3 N–H and O–H groups in total. The van der Waals surface area contributed by atoms with Crippen LogP contribution in [0.3, 0.4) is 0 Å². The van der Waals surface area contributed by atoms with Crippen LogP contribution in [0, 0.1) is 5.92 Å². The number of carboxylic acid groups (broad SMARTS) is 1. The Morgan fingerprint density at radius 2 is 1.49 bits per heavy atom. The SMILES string of the molecule is CC(C)[C@H](NS(=O)(=O)c1ccc2ccccc2c1)C1=NOC(COc2ccccc2)(C(=O)N[C@@H](CC(=O)O)C(=O)COc2ccccc2)C1. The highest BCUT2D eigenvalue weighted by Gasteiger charge is 2.51. The van der Waals surface area contributed by atoms with E-state index in [0.29, 0.717) is 11.5 Å². The van der Waals surface area contributed by atoms with Crippen LogP contribution in [0.15, 0.2) is 113 Å². The van der Waals surface area contributed by atoms with Gasteiger partial charge in [-0.15, -0.1) is 0 Å². The number of rotatable bonds is 16. The Balaban J connectivity index is 1.37. The fourth-order valence-electron chi connectivity index (χ4n) is 5.29. The van der Waals surface area contributed by atoms with Crippen molar-refractivity contribution in [3.8, 4) is 11.5 Å². The largest absolute Gasteiger partial charge is 0.489 e. The van der Waals surface area contributed by atoms with E-state index in [1.807, 2.05) is 24.3 Å². The molecule has 1 heterocycles. The zero-order valence-corrected chi connectivity index (χ0v) is 27.8. The van der Waals surface area contributed by atoms with Crippen molar-refractivity contribution in [2.75, 3.05) is 13.2 Å². The average Bonchev–Trinajstić information content (AvgIpc) is 3.54. The van der Waals surface area contributed by atoms with Crippen LogP contribution in [-0.2, 0) is 29.2 Å². The fourth-order valence-corrected chi connectivity index (χ4v) is 6.70. The van der Waals surface area contributed by atoms with Gasteiger partial charge in [-0.25, -0.2) is 13.1 Å². The van der Waals surface area contributed by atoms with Gasteiger partial charge in [0.15, 0.2) is 5.78 Å². The van der Waals surface area contributed by atoms with Gasteiger partial charge in [-0.05, 0) is 53.1 Å². The van der Waals surface area contributed by atoms with Gasteiger partial charge in [-0.3, -0.25) is 14.4 Å². The van der Waals surface area contributed by atoms with E-state index in [-0.39, 0.29) is 29.6 Å². The van der Waals surface area contributed by atoms with Gasteiger partial charge >= 0.3 is 5.97 Å². The number of fused-ring (bicyclic) bond motifs is 1. The number of nitrogens with zero attached hydrogens (tertiary/aromatic N) is 1. The molecule has 256 valence electrons. The number of carbonyl (C=O) groups is 3. The molecule has 49 heavy (non-hydrogen) atoms. The smallest absolute Gasteiger partial charge is 0.305 e. The topological polar surface area (TPSA) is 170 Å². The quantitative estimate of drug-likeness (QED) is 0.155. The molecule has 0 saturated carbocycles. The molecule has 4 aromatic carbocycles. The van der Waals surface area contributed by atoms with Crippen LogP contribution in [0.1, 0.15) is 26.7 Å². The molecule has 3 atom stereocenters. The Bertz CT molecular complexity index is 1940. The molecule has 12 nitrogen and oxygen atoms in total. The molecule has 0 radical (unpaired) electrons. The van der Waals surface area contributed by atoms with Crippen molar-refractivity contribution in [3.63, 3.8) is 0 Å².